The van der Waals surface area contributed by atoms with E-state index in [9.17, 15) is 4.79 Å². The van der Waals surface area contributed by atoms with Gasteiger partial charge in [-0.25, -0.2) is 0 Å². The predicted octanol–water partition coefficient (Wildman–Crippen LogP) is 0.794. The quantitative estimate of drug-likeness (QED) is 0.726. The normalized spacial score (nSPS) is 20.6. The largest absolute Gasteiger partial charge is 0.677 e. The van der Waals surface area contributed by atoms with Crippen LogP contribution in [0.5, 0.6) is 0 Å². The maximum absolute atomic E-state index is 12.3. The van der Waals surface area contributed by atoms with Crippen molar-refractivity contribution in [2.45, 2.75) is 25.7 Å². The number of nitrogens with one attached hydrogen (secondary N) is 1. The molecule has 0 saturated carbocycles. The van der Waals surface area contributed by atoms with Crippen molar-refractivity contribution in [3.8, 4) is 0 Å². The molecule has 2 aliphatic heterocycles. The van der Waals surface area contributed by atoms with Gasteiger partial charge in [-0.15, -0.1) is 6.54 Å². The van der Waals surface area contributed by atoms with Crippen molar-refractivity contribution in [3.05, 3.63) is 5.73 Å². The molecule has 0 aromatic rings. The Hall–Kier alpha value is 0.124. The Labute approximate surface area is 158 Å². The minimum absolute atomic E-state index is 0. The van der Waals surface area contributed by atoms with Crippen LogP contribution in [0.25, 0.3) is 5.73 Å². The van der Waals surface area contributed by atoms with Crippen molar-refractivity contribution >= 4 is 12.2 Å². The number of aliphatic hydroxyl groups excluding tert-OH is 1. The van der Waals surface area contributed by atoms with Gasteiger partial charge in [0.25, 0.3) is 0 Å². The first-order valence-corrected chi connectivity index (χ1v) is 7.78. The van der Waals surface area contributed by atoms with Gasteiger partial charge in [-0.3, -0.25) is 4.79 Å². The SMILES string of the molecule is CN1CCC(C(=O)N2CCC(C[NH-])CC2)CC1.O=CCO.[Y]. The maximum atomic E-state index is 12.3. The summed E-state index contributed by atoms with van der Waals surface area (Å²) in [6.07, 6.45) is 4.53. The number of aliphatic hydroxyl groups is 1. The summed E-state index contributed by atoms with van der Waals surface area (Å²) in [7, 11) is 2.13. The van der Waals surface area contributed by atoms with Crippen LogP contribution in [0.1, 0.15) is 25.7 Å². The molecular formula is C15H28N3O3Y-. The van der Waals surface area contributed by atoms with Gasteiger partial charge in [-0.1, -0.05) is 5.92 Å². The summed E-state index contributed by atoms with van der Waals surface area (Å²) >= 11 is 0. The van der Waals surface area contributed by atoms with E-state index in [-0.39, 0.29) is 45.2 Å². The van der Waals surface area contributed by atoms with Crippen LogP contribution in [0.3, 0.4) is 0 Å². The predicted molar refractivity (Wildman–Crippen MR) is 81.9 cm³/mol. The van der Waals surface area contributed by atoms with E-state index in [1.165, 1.54) is 0 Å². The minimum atomic E-state index is -0.361. The second kappa shape index (κ2) is 12.5. The molecule has 2 heterocycles. The van der Waals surface area contributed by atoms with E-state index < -0.39 is 0 Å². The van der Waals surface area contributed by atoms with E-state index in [1.807, 2.05) is 4.90 Å². The molecular weight excluding hydrogens is 359 g/mol. The molecule has 2 fully saturated rings. The minimum Gasteiger partial charge on any atom is -0.677 e. The number of nitrogens with zero attached hydrogens (tertiary/aromatic N) is 2. The molecule has 2 aliphatic rings. The summed E-state index contributed by atoms with van der Waals surface area (Å²) < 4.78 is 0. The number of rotatable bonds is 3. The van der Waals surface area contributed by atoms with Crippen molar-refractivity contribution in [3.63, 3.8) is 0 Å². The zero-order valence-electron chi connectivity index (χ0n) is 13.5. The third kappa shape index (κ3) is 7.60. The first-order chi connectivity index (χ1) is 10.1. The summed E-state index contributed by atoms with van der Waals surface area (Å²) in [4.78, 5) is 25.6. The number of carbonyl (C=O) groups excluding carboxylic acids is 2. The Bertz CT molecular complexity index is 315. The van der Waals surface area contributed by atoms with Gasteiger partial charge in [0.2, 0.25) is 5.91 Å². The number of hydrogen-bond acceptors (Lipinski definition) is 4. The monoisotopic (exact) mass is 387 g/mol. The average Bonchev–Trinajstić information content (AvgIpc) is 2.55. The number of carbonyl (C=O) groups is 2. The number of amides is 1. The van der Waals surface area contributed by atoms with Crippen LogP contribution in [0, 0.1) is 11.8 Å². The molecule has 22 heavy (non-hydrogen) atoms. The summed E-state index contributed by atoms with van der Waals surface area (Å²) in [5, 5.41) is 7.51. The number of aldehydes is 1. The van der Waals surface area contributed by atoms with Gasteiger partial charge < -0.3 is 25.4 Å². The van der Waals surface area contributed by atoms with Crippen LogP contribution >= 0.6 is 0 Å². The molecule has 0 atom stereocenters. The molecule has 1 radical (unpaired) electrons. The standard InChI is InChI=1S/C13H24N3O.C2H4O2.Y/c1-15-6-4-12(5-7-15)13(17)16-8-2-11(10-14)3-9-16;3-1-2-4;/h11-12,14H,2-10H2,1H3;1,4H,2H2;/q-1;;. The summed E-state index contributed by atoms with van der Waals surface area (Å²) in [6, 6.07) is 0. The van der Waals surface area contributed by atoms with Gasteiger partial charge in [-0.05, 0) is 45.8 Å². The topological polar surface area (TPSA) is 84.7 Å². The molecule has 2 rings (SSSR count). The molecule has 0 aromatic carbocycles. The van der Waals surface area contributed by atoms with Crippen LogP contribution in [0.4, 0.5) is 0 Å². The van der Waals surface area contributed by atoms with E-state index >= 15 is 0 Å². The molecule has 2 saturated heterocycles. The number of likely N-dealkylation sites (tertiary alicyclic amines) is 2. The van der Waals surface area contributed by atoms with Gasteiger partial charge in [0.1, 0.15) is 6.29 Å². The molecule has 7 heteroatoms. The van der Waals surface area contributed by atoms with E-state index in [0.717, 1.165) is 51.9 Å². The molecule has 0 spiro atoms. The van der Waals surface area contributed by atoms with Crippen LogP contribution in [0.2, 0.25) is 0 Å². The first-order valence-electron chi connectivity index (χ1n) is 7.78. The molecule has 0 aliphatic carbocycles. The van der Waals surface area contributed by atoms with Crippen LogP contribution in [-0.4, -0.2) is 73.5 Å². The third-order valence-electron chi connectivity index (χ3n) is 4.36. The third-order valence-corrected chi connectivity index (χ3v) is 4.36. The summed E-state index contributed by atoms with van der Waals surface area (Å²) in [5.41, 5.74) is 7.38. The van der Waals surface area contributed by atoms with Gasteiger partial charge in [0.05, 0.1) is 6.61 Å². The number of piperidine rings is 2. The van der Waals surface area contributed by atoms with Crippen molar-refractivity contribution in [1.82, 2.24) is 9.80 Å². The van der Waals surface area contributed by atoms with Crippen molar-refractivity contribution in [2.24, 2.45) is 11.8 Å². The molecule has 1 amide bonds. The van der Waals surface area contributed by atoms with Gasteiger partial charge in [0, 0.05) is 51.7 Å². The maximum Gasteiger partial charge on any atom is 0.225 e. The van der Waals surface area contributed by atoms with Crippen molar-refractivity contribution in [1.29, 1.82) is 0 Å². The van der Waals surface area contributed by atoms with Gasteiger partial charge in [-0.2, -0.15) is 0 Å². The number of hydrogen-bond donors (Lipinski definition) is 1. The molecule has 0 aromatic heterocycles. The molecule has 0 bridgehead atoms. The second-order valence-electron chi connectivity index (χ2n) is 5.90. The van der Waals surface area contributed by atoms with Gasteiger partial charge in [0.15, 0.2) is 0 Å². The van der Waals surface area contributed by atoms with Crippen molar-refractivity contribution in [2.75, 3.05) is 46.4 Å². The molecule has 2 N–H and O–H groups in total. The Morgan fingerprint density at radius 2 is 1.68 bits per heavy atom. The van der Waals surface area contributed by atoms with E-state index in [4.69, 9.17) is 15.6 Å². The van der Waals surface area contributed by atoms with E-state index in [2.05, 4.69) is 11.9 Å². The molecule has 0 unspecified atom stereocenters. The summed E-state index contributed by atoms with van der Waals surface area (Å²) in [5.74, 6) is 1.16. The van der Waals surface area contributed by atoms with Crippen LogP contribution < -0.4 is 0 Å². The Morgan fingerprint density at radius 3 is 2.09 bits per heavy atom. The average molecular weight is 387 g/mol. The van der Waals surface area contributed by atoms with E-state index in [1.54, 1.807) is 0 Å². The zero-order valence-corrected chi connectivity index (χ0v) is 16.4. The summed E-state index contributed by atoms with van der Waals surface area (Å²) in [6.45, 7) is 4.04. The first kappa shape index (κ1) is 22.1. The molecule has 125 valence electrons. The fourth-order valence-corrected chi connectivity index (χ4v) is 2.87. The van der Waals surface area contributed by atoms with Crippen LogP contribution in [-0.2, 0) is 42.3 Å². The Morgan fingerprint density at radius 1 is 1.18 bits per heavy atom. The fourth-order valence-electron chi connectivity index (χ4n) is 2.87. The van der Waals surface area contributed by atoms with Crippen LogP contribution in [0.15, 0.2) is 0 Å². The van der Waals surface area contributed by atoms with E-state index in [0.29, 0.717) is 24.7 Å². The smallest absolute Gasteiger partial charge is 0.225 e. The fraction of sp³-hybridized carbons (Fsp3) is 0.867. The van der Waals surface area contributed by atoms with Gasteiger partial charge >= 0.3 is 0 Å². The Kier molecular flexibility index (Phi) is 12.6. The Balaban J connectivity index is 0.000000791. The second-order valence-corrected chi connectivity index (χ2v) is 5.90. The molecule has 6 nitrogen and oxygen atoms in total. The zero-order chi connectivity index (χ0) is 15.7. The van der Waals surface area contributed by atoms with Crippen molar-refractivity contribution < 1.29 is 47.4 Å².